The van der Waals surface area contributed by atoms with Crippen molar-refractivity contribution >= 4 is 17.5 Å². The third kappa shape index (κ3) is 3.94. The van der Waals surface area contributed by atoms with E-state index in [0.29, 0.717) is 60.5 Å². The van der Waals surface area contributed by atoms with Crippen molar-refractivity contribution in [1.29, 1.82) is 0 Å². The lowest BCUT2D eigenvalue weighted by Crippen LogP contribution is -2.58. The summed E-state index contributed by atoms with van der Waals surface area (Å²) < 4.78 is 16.6. The van der Waals surface area contributed by atoms with E-state index in [1.807, 2.05) is 32.0 Å². The van der Waals surface area contributed by atoms with Crippen molar-refractivity contribution in [3.8, 4) is 16.9 Å². The lowest BCUT2D eigenvalue weighted by Gasteiger charge is -2.40. The first-order valence-corrected chi connectivity index (χ1v) is 11.3. The Morgan fingerprint density at radius 1 is 1.06 bits per heavy atom. The number of piperazine rings is 1. The molecule has 0 saturated carbocycles. The molecule has 178 valence electrons. The number of aryl methyl sites for hydroxylation is 4. The van der Waals surface area contributed by atoms with Crippen LogP contribution in [0.4, 0.5) is 5.69 Å². The molecule has 10 nitrogen and oxygen atoms in total. The van der Waals surface area contributed by atoms with Gasteiger partial charge in [0.1, 0.15) is 29.4 Å². The molecule has 0 bridgehead atoms. The van der Waals surface area contributed by atoms with Crippen LogP contribution in [0.15, 0.2) is 27.2 Å². The number of carbonyl (C=O) groups excluding carboxylic acids is 2. The van der Waals surface area contributed by atoms with Gasteiger partial charge in [0, 0.05) is 25.2 Å². The number of benzene rings is 1. The van der Waals surface area contributed by atoms with E-state index in [0.717, 1.165) is 16.8 Å². The van der Waals surface area contributed by atoms with Crippen LogP contribution in [-0.2, 0) is 4.79 Å². The number of carbonyl (C=O) groups is 2. The van der Waals surface area contributed by atoms with Gasteiger partial charge >= 0.3 is 0 Å². The number of nitrogens with zero attached hydrogens (tertiary/aromatic N) is 4. The van der Waals surface area contributed by atoms with Gasteiger partial charge in [-0.1, -0.05) is 16.4 Å². The van der Waals surface area contributed by atoms with Crippen molar-refractivity contribution < 1.29 is 23.4 Å². The third-order valence-electron chi connectivity index (χ3n) is 6.49. The van der Waals surface area contributed by atoms with Crippen molar-refractivity contribution in [1.82, 2.24) is 20.1 Å². The fourth-order valence-corrected chi connectivity index (χ4v) is 4.75. The molecule has 1 atom stereocenters. The number of hydrogen-bond donors (Lipinski definition) is 1. The lowest BCUT2D eigenvalue weighted by atomic mass is 10.0. The lowest BCUT2D eigenvalue weighted by molar-refractivity contribution is -0.118. The highest BCUT2D eigenvalue weighted by Gasteiger charge is 2.34. The van der Waals surface area contributed by atoms with Crippen molar-refractivity contribution in [3.63, 3.8) is 0 Å². The highest BCUT2D eigenvalue weighted by Crippen LogP contribution is 2.34. The molecule has 2 aliphatic rings. The number of anilines is 1. The van der Waals surface area contributed by atoms with Gasteiger partial charge in [0.25, 0.3) is 5.91 Å². The Morgan fingerprint density at radius 2 is 1.82 bits per heavy atom. The smallest absolute Gasteiger partial charge is 0.259 e. The number of fused-ring (bicyclic) bond motifs is 2. The fraction of sp³-hybridized carbons (Fsp3) is 0.417. The number of amides is 2. The van der Waals surface area contributed by atoms with E-state index < -0.39 is 0 Å². The van der Waals surface area contributed by atoms with Crippen molar-refractivity contribution in [2.45, 2.75) is 33.7 Å². The first-order valence-electron chi connectivity index (χ1n) is 11.3. The summed E-state index contributed by atoms with van der Waals surface area (Å²) in [5.74, 6) is 1.58. The summed E-state index contributed by atoms with van der Waals surface area (Å²) in [6.07, 6.45) is 0. The summed E-state index contributed by atoms with van der Waals surface area (Å²) in [7, 11) is 0. The summed E-state index contributed by atoms with van der Waals surface area (Å²) in [6, 6.07) is 5.54. The van der Waals surface area contributed by atoms with Gasteiger partial charge < -0.3 is 24.0 Å². The summed E-state index contributed by atoms with van der Waals surface area (Å²) in [5, 5.41) is 10.9. The third-order valence-corrected chi connectivity index (χ3v) is 6.49. The monoisotopic (exact) mass is 465 g/mol. The number of aromatic nitrogens is 2. The van der Waals surface area contributed by atoms with Gasteiger partial charge in [0.2, 0.25) is 5.91 Å². The fourth-order valence-electron chi connectivity index (χ4n) is 4.75. The second-order valence-corrected chi connectivity index (χ2v) is 8.84. The van der Waals surface area contributed by atoms with E-state index in [1.165, 1.54) is 0 Å². The molecule has 0 aliphatic carbocycles. The van der Waals surface area contributed by atoms with Gasteiger partial charge in [-0.25, -0.2) is 0 Å². The molecule has 0 unspecified atom stereocenters. The predicted molar refractivity (Wildman–Crippen MR) is 123 cm³/mol. The first kappa shape index (κ1) is 22.1. The molecule has 10 heteroatoms. The van der Waals surface area contributed by atoms with Crippen LogP contribution in [0, 0.1) is 27.7 Å². The van der Waals surface area contributed by atoms with Crippen LogP contribution in [-0.4, -0.2) is 70.8 Å². The van der Waals surface area contributed by atoms with Crippen LogP contribution in [0.3, 0.4) is 0 Å². The van der Waals surface area contributed by atoms with Crippen molar-refractivity contribution in [2.24, 2.45) is 0 Å². The Hall–Kier alpha value is -3.66. The average Bonchev–Trinajstić information content (AvgIpc) is 3.34. The van der Waals surface area contributed by atoms with Crippen molar-refractivity contribution in [3.05, 3.63) is 46.7 Å². The van der Waals surface area contributed by atoms with E-state index in [-0.39, 0.29) is 24.4 Å². The van der Waals surface area contributed by atoms with Gasteiger partial charge in [0.05, 0.1) is 29.7 Å². The number of hydrogen-bond acceptors (Lipinski definition) is 8. The van der Waals surface area contributed by atoms with E-state index in [9.17, 15) is 9.59 Å². The number of nitrogens with one attached hydrogen (secondary N) is 1. The number of ether oxygens (including phenoxy) is 1. The maximum Gasteiger partial charge on any atom is 0.259 e. The van der Waals surface area contributed by atoms with E-state index in [4.69, 9.17) is 13.8 Å². The Kier molecular flexibility index (Phi) is 5.60. The highest BCUT2D eigenvalue weighted by molar-refractivity contribution is 5.96. The zero-order valence-electron chi connectivity index (χ0n) is 19.7. The van der Waals surface area contributed by atoms with Crippen LogP contribution >= 0.6 is 0 Å². The van der Waals surface area contributed by atoms with E-state index >= 15 is 0 Å². The maximum atomic E-state index is 13.1. The molecule has 34 heavy (non-hydrogen) atoms. The van der Waals surface area contributed by atoms with Crippen LogP contribution < -0.4 is 10.1 Å². The Morgan fingerprint density at radius 3 is 2.53 bits per heavy atom. The molecule has 3 aromatic rings. The highest BCUT2D eigenvalue weighted by atomic mass is 16.5. The molecule has 2 aliphatic heterocycles. The number of rotatable bonds is 2. The molecular weight excluding hydrogens is 438 g/mol. The minimum absolute atomic E-state index is 0.107. The zero-order valence-corrected chi connectivity index (χ0v) is 19.7. The van der Waals surface area contributed by atoms with Gasteiger partial charge in [-0.3, -0.25) is 14.5 Å². The standard InChI is InChI=1S/C24H27N5O5/c1-13-22(15(3)33-26-13)17-5-6-20-19(9-17)25-21(30)11-28-7-8-29(10-18(28)12-32-20)24(31)23-14(2)27-34-16(23)4/h5-6,9,18H,7-8,10-12H2,1-4H3,(H,25,30)/t18-/m1/s1. The molecular formula is C24H27N5O5. The topological polar surface area (TPSA) is 114 Å². The van der Waals surface area contributed by atoms with Gasteiger partial charge in [-0.15, -0.1) is 0 Å². The molecule has 0 radical (unpaired) electrons. The summed E-state index contributed by atoms with van der Waals surface area (Å²) in [5.41, 5.74) is 4.28. The van der Waals surface area contributed by atoms with Crippen LogP contribution in [0.25, 0.3) is 11.1 Å². The molecule has 1 fully saturated rings. The quantitative estimate of drug-likeness (QED) is 0.615. The molecule has 4 heterocycles. The summed E-state index contributed by atoms with van der Waals surface area (Å²) in [6.45, 7) is 9.34. The molecule has 2 amide bonds. The molecule has 5 rings (SSSR count). The Labute approximate surface area is 196 Å². The van der Waals surface area contributed by atoms with Gasteiger partial charge in [0.15, 0.2) is 0 Å². The zero-order chi connectivity index (χ0) is 24.0. The van der Waals surface area contributed by atoms with Crippen molar-refractivity contribution in [2.75, 3.05) is 38.1 Å². The maximum absolute atomic E-state index is 13.1. The van der Waals surface area contributed by atoms with E-state index in [2.05, 4.69) is 20.5 Å². The first-order chi connectivity index (χ1) is 16.3. The van der Waals surface area contributed by atoms with Crippen LogP contribution in [0.1, 0.15) is 33.3 Å². The summed E-state index contributed by atoms with van der Waals surface area (Å²) >= 11 is 0. The van der Waals surface area contributed by atoms with Crippen LogP contribution in [0.2, 0.25) is 0 Å². The predicted octanol–water partition coefficient (Wildman–Crippen LogP) is 2.72. The molecule has 0 spiro atoms. The van der Waals surface area contributed by atoms with Crippen LogP contribution in [0.5, 0.6) is 5.75 Å². The Bertz CT molecular complexity index is 1220. The van der Waals surface area contributed by atoms with Gasteiger partial charge in [-0.2, -0.15) is 0 Å². The molecule has 1 N–H and O–H groups in total. The average molecular weight is 466 g/mol. The minimum Gasteiger partial charge on any atom is -0.490 e. The molecule has 2 aromatic heterocycles. The second kappa shape index (κ2) is 8.60. The Balaban J connectivity index is 1.38. The normalized spacial score (nSPS) is 18.8. The second-order valence-electron chi connectivity index (χ2n) is 8.84. The largest absolute Gasteiger partial charge is 0.490 e. The summed E-state index contributed by atoms with van der Waals surface area (Å²) in [4.78, 5) is 29.9. The molecule has 1 aromatic carbocycles. The minimum atomic E-state index is -0.128. The SMILES string of the molecule is Cc1noc(C)c1C(=O)N1CCN2CC(=O)Nc3cc(-c4c(C)noc4C)ccc3OC[C@H]2C1. The van der Waals surface area contributed by atoms with E-state index in [1.54, 1.807) is 18.7 Å². The molecule has 1 saturated heterocycles. The van der Waals surface area contributed by atoms with Gasteiger partial charge in [-0.05, 0) is 45.4 Å².